The highest BCUT2D eigenvalue weighted by atomic mass is 16.6. The van der Waals surface area contributed by atoms with Gasteiger partial charge in [-0.3, -0.25) is 0 Å². The lowest BCUT2D eigenvalue weighted by atomic mass is 10.1. The Morgan fingerprint density at radius 2 is 1.62 bits per heavy atom. The molecule has 0 saturated heterocycles. The lowest BCUT2D eigenvalue weighted by Gasteiger charge is -2.10. The predicted octanol–water partition coefficient (Wildman–Crippen LogP) is 4.37. The quantitative estimate of drug-likeness (QED) is 0.556. The monoisotopic (exact) mass is 395 g/mol. The molecule has 1 heterocycles. The first-order valence-corrected chi connectivity index (χ1v) is 9.63. The average molecular weight is 395 g/mol. The molecule has 0 aliphatic heterocycles. The number of aromatic nitrogens is 1. The number of benzene rings is 2. The molecular formula is C23H25NO5. The summed E-state index contributed by atoms with van der Waals surface area (Å²) in [5.74, 6) is -0.341. The van der Waals surface area contributed by atoms with Gasteiger partial charge in [-0.05, 0) is 58.0 Å². The number of nitrogens with zero attached hydrogens (tertiary/aromatic N) is 1. The fourth-order valence-corrected chi connectivity index (χ4v) is 3.32. The van der Waals surface area contributed by atoms with Crippen LogP contribution in [-0.4, -0.2) is 36.3 Å². The van der Waals surface area contributed by atoms with Crippen LogP contribution in [0.4, 0.5) is 0 Å². The van der Waals surface area contributed by atoms with E-state index in [4.69, 9.17) is 14.2 Å². The summed E-state index contributed by atoms with van der Waals surface area (Å²) in [6.07, 6.45) is 0. The zero-order valence-corrected chi connectivity index (χ0v) is 17.2. The van der Waals surface area contributed by atoms with Crippen molar-refractivity contribution in [2.45, 2.75) is 27.7 Å². The number of esters is 2. The Morgan fingerprint density at radius 3 is 2.28 bits per heavy atom. The lowest BCUT2D eigenvalue weighted by Crippen LogP contribution is -2.14. The van der Waals surface area contributed by atoms with Gasteiger partial charge in [-0.25, -0.2) is 9.59 Å². The molecule has 0 aliphatic rings. The minimum Gasteiger partial charge on any atom is -0.482 e. The van der Waals surface area contributed by atoms with Crippen molar-refractivity contribution in [1.82, 2.24) is 4.57 Å². The Kier molecular flexibility index (Phi) is 6.22. The number of carbonyl (C=O) groups excluding carboxylic acids is 2. The van der Waals surface area contributed by atoms with Crippen molar-refractivity contribution in [1.29, 1.82) is 0 Å². The van der Waals surface area contributed by atoms with Gasteiger partial charge in [0.05, 0.1) is 24.3 Å². The zero-order valence-electron chi connectivity index (χ0n) is 17.2. The number of rotatable bonds is 7. The first-order valence-electron chi connectivity index (χ1n) is 9.63. The van der Waals surface area contributed by atoms with E-state index < -0.39 is 5.97 Å². The van der Waals surface area contributed by atoms with Gasteiger partial charge in [0.25, 0.3) is 0 Å². The second kappa shape index (κ2) is 8.82. The third-order valence-corrected chi connectivity index (χ3v) is 4.61. The summed E-state index contributed by atoms with van der Waals surface area (Å²) in [6.45, 7) is 7.84. The molecule has 0 saturated carbocycles. The normalized spacial score (nSPS) is 10.8. The minimum atomic E-state index is -0.438. The molecule has 0 unspecified atom stereocenters. The van der Waals surface area contributed by atoms with Crippen LogP contribution in [-0.2, 0) is 14.3 Å². The molecule has 6 heteroatoms. The highest BCUT2D eigenvalue weighted by molar-refractivity contribution is 6.07. The van der Waals surface area contributed by atoms with Gasteiger partial charge in [-0.2, -0.15) is 0 Å². The summed E-state index contributed by atoms with van der Waals surface area (Å²) in [5.41, 5.74) is 4.24. The van der Waals surface area contributed by atoms with Gasteiger partial charge >= 0.3 is 11.9 Å². The van der Waals surface area contributed by atoms with E-state index in [2.05, 4.69) is 0 Å². The smallest absolute Gasteiger partial charge is 0.344 e. The molecule has 3 aromatic rings. The molecule has 1 aromatic heterocycles. The molecule has 3 rings (SSSR count). The SMILES string of the molecule is CCOC(=O)COc1ccc2c(c1)c(C(=O)OCC)c(C)n2-c1ccc(C)cc1. The fourth-order valence-electron chi connectivity index (χ4n) is 3.32. The molecule has 0 fully saturated rings. The van der Waals surface area contributed by atoms with Crippen LogP contribution in [0, 0.1) is 13.8 Å². The Hall–Kier alpha value is -3.28. The van der Waals surface area contributed by atoms with Crippen molar-refractivity contribution in [2.24, 2.45) is 0 Å². The van der Waals surface area contributed by atoms with Gasteiger partial charge in [0, 0.05) is 16.8 Å². The number of ether oxygens (including phenoxy) is 3. The third kappa shape index (κ3) is 4.26. The molecule has 0 N–H and O–H groups in total. The van der Waals surface area contributed by atoms with Gasteiger partial charge in [0.1, 0.15) is 5.75 Å². The highest BCUT2D eigenvalue weighted by Crippen LogP contribution is 2.32. The molecule has 0 amide bonds. The van der Waals surface area contributed by atoms with E-state index in [0.29, 0.717) is 23.3 Å². The third-order valence-electron chi connectivity index (χ3n) is 4.61. The van der Waals surface area contributed by atoms with Crippen molar-refractivity contribution in [2.75, 3.05) is 19.8 Å². The van der Waals surface area contributed by atoms with Gasteiger partial charge in [0.15, 0.2) is 6.61 Å². The Bertz CT molecular complexity index is 1030. The maximum atomic E-state index is 12.7. The molecule has 0 spiro atoms. The summed E-state index contributed by atoms with van der Waals surface area (Å²) in [5, 5.41) is 0.711. The van der Waals surface area contributed by atoms with E-state index >= 15 is 0 Å². The summed E-state index contributed by atoms with van der Waals surface area (Å²) < 4.78 is 17.8. The van der Waals surface area contributed by atoms with Gasteiger partial charge in [0.2, 0.25) is 0 Å². The maximum Gasteiger partial charge on any atom is 0.344 e. The first-order chi connectivity index (χ1) is 14.0. The van der Waals surface area contributed by atoms with Crippen LogP contribution in [0.5, 0.6) is 5.75 Å². The largest absolute Gasteiger partial charge is 0.482 e. The summed E-state index contributed by atoms with van der Waals surface area (Å²) in [4.78, 5) is 24.3. The predicted molar refractivity (Wildman–Crippen MR) is 111 cm³/mol. The summed E-state index contributed by atoms with van der Waals surface area (Å²) >= 11 is 0. The number of fused-ring (bicyclic) bond motifs is 1. The van der Waals surface area contributed by atoms with Crippen LogP contribution in [0.3, 0.4) is 0 Å². The second-order valence-corrected chi connectivity index (χ2v) is 6.62. The van der Waals surface area contributed by atoms with E-state index in [0.717, 1.165) is 22.5 Å². The Balaban J connectivity index is 2.10. The second-order valence-electron chi connectivity index (χ2n) is 6.62. The molecule has 0 radical (unpaired) electrons. The minimum absolute atomic E-state index is 0.189. The number of hydrogen-bond acceptors (Lipinski definition) is 5. The zero-order chi connectivity index (χ0) is 21.0. The molecule has 0 atom stereocenters. The van der Waals surface area contributed by atoms with E-state index in [9.17, 15) is 9.59 Å². The van der Waals surface area contributed by atoms with E-state index in [1.165, 1.54) is 0 Å². The number of carbonyl (C=O) groups is 2. The first kappa shape index (κ1) is 20.5. The van der Waals surface area contributed by atoms with Crippen LogP contribution < -0.4 is 4.74 Å². The maximum absolute atomic E-state index is 12.7. The van der Waals surface area contributed by atoms with Crippen LogP contribution in [0.1, 0.15) is 35.5 Å². The van der Waals surface area contributed by atoms with Crippen LogP contribution in [0.15, 0.2) is 42.5 Å². The summed E-state index contributed by atoms with van der Waals surface area (Å²) in [7, 11) is 0. The average Bonchev–Trinajstić information content (AvgIpc) is 2.98. The lowest BCUT2D eigenvalue weighted by molar-refractivity contribution is -0.145. The van der Waals surface area contributed by atoms with E-state index in [1.807, 2.05) is 48.7 Å². The van der Waals surface area contributed by atoms with Gasteiger partial charge < -0.3 is 18.8 Å². The van der Waals surface area contributed by atoms with Crippen LogP contribution in [0.2, 0.25) is 0 Å². The standard InChI is InChI=1S/C23H25NO5/c1-5-27-21(25)14-29-18-11-12-20-19(13-18)22(23(26)28-6-2)16(4)24(20)17-9-7-15(3)8-10-17/h7-13H,5-6,14H2,1-4H3. The molecule has 2 aromatic carbocycles. The fraction of sp³-hybridized carbons (Fsp3) is 0.304. The van der Waals surface area contributed by atoms with Crippen molar-refractivity contribution >= 4 is 22.8 Å². The van der Waals surface area contributed by atoms with E-state index in [1.54, 1.807) is 26.0 Å². The van der Waals surface area contributed by atoms with Crippen molar-refractivity contribution in [3.05, 3.63) is 59.3 Å². The number of aryl methyl sites for hydroxylation is 1. The summed E-state index contributed by atoms with van der Waals surface area (Å²) in [6, 6.07) is 13.5. The Labute approximate surface area is 170 Å². The van der Waals surface area contributed by atoms with Gasteiger partial charge in [-0.15, -0.1) is 0 Å². The highest BCUT2D eigenvalue weighted by Gasteiger charge is 2.22. The Morgan fingerprint density at radius 1 is 0.931 bits per heavy atom. The van der Waals surface area contributed by atoms with Crippen LogP contribution in [0.25, 0.3) is 16.6 Å². The van der Waals surface area contributed by atoms with Crippen molar-refractivity contribution < 1.29 is 23.8 Å². The molecule has 0 bridgehead atoms. The molecular weight excluding hydrogens is 370 g/mol. The van der Waals surface area contributed by atoms with Crippen LogP contribution >= 0.6 is 0 Å². The molecule has 0 aliphatic carbocycles. The topological polar surface area (TPSA) is 66.8 Å². The molecule has 152 valence electrons. The van der Waals surface area contributed by atoms with Crippen molar-refractivity contribution in [3.63, 3.8) is 0 Å². The van der Waals surface area contributed by atoms with E-state index in [-0.39, 0.29) is 19.2 Å². The molecule has 6 nitrogen and oxygen atoms in total. The van der Waals surface area contributed by atoms with Crippen molar-refractivity contribution in [3.8, 4) is 11.4 Å². The molecule has 29 heavy (non-hydrogen) atoms. The van der Waals surface area contributed by atoms with Gasteiger partial charge in [-0.1, -0.05) is 17.7 Å². The number of hydrogen-bond donors (Lipinski definition) is 0.